The van der Waals surface area contributed by atoms with Crippen LogP contribution in [0.3, 0.4) is 0 Å². The number of rotatable bonds is 3. The molecule has 0 aromatic carbocycles. The summed E-state index contributed by atoms with van der Waals surface area (Å²) in [7, 11) is 0. The van der Waals surface area contributed by atoms with Gasteiger partial charge in [0.25, 0.3) is 0 Å². The molecule has 2 aromatic heterocycles. The molecular weight excluding hydrogens is 375 g/mol. The van der Waals surface area contributed by atoms with Crippen molar-refractivity contribution in [2.75, 3.05) is 18.0 Å². The van der Waals surface area contributed by atoms with Crippen molar-refractivity contribution in [3.8, 4) is 0 Å². The lowest BCUT2D eigenvalue weighted by atomic mass is 9.88. The Labute approximate surface area is 167 Å². The van der Waals surface area contributed by atoms with Crippen LogP contribution in [0, 0.1) is 17.7 Å². The topological polar surface area (TPSA) is 101 Å². The van der Waals surface area contributed by atoms with E-state index in [1.165, 1.54) is 12.3 Å². The monoisotopic (exact) mass is 400 g/mol. The number of aromatic carboxylic acids is 1. The Morgan fingerprint density at radius 3 is 2.69 bits per heavy atom. The van der Waals surface area contributed by atoms with Crippen LogP contribution in [0.15, 0.2) is 17.1 Å². The van der Waals surface area contributed by atoms with Gasteiger partial charge in [-0.2, -0.15) is 0 Å². The summed E-state index contributed by atoms with van der Waals surface area (Å²) in [6, 6.07) is 1.40. The fourth-order valence-corrected chi connectivity index (χ4v) is 5.10. The Morgan fingerprint density at radius 1 is 1.21 bits per heavy atom. The first-order chi connectivity index (χ1) is 13.9. The van der Waals surface area contributed by atoms with E-state index in [-0.39, 0.29) is 28.9 Å². The molecule has 0 radical (unpaired) electrons. The third-order valence-corrected chi connectivity index (χ3v) is 6.81. The van der Waals surface area contributed by atoms with Gasteiger partial charge in [-0.3, -0.25) is 4.79 Å². The quantitative estimate of drug-likeness (QED) is 0.821. The van der Waals surface area contributed by atoms with Gasteiger partial charge < -0.3 is 20.3 Å². The second kappa shape index (κ2) is 6.79. The average molecular weight is 400 g/mol. The van der Waals surface area contributed by atoms with Crippen molar-refractivity contribution in [2.45, 2.75) is 50.6 Å². The van der Waals surface area contributed by atoms with Crippen LogP contribution >= 0.6 is 0 Å². The van der Waals surface area contributed by atoms with Crippen molar-refractivity contribution < 1.29 is 14.3 Å². The number of aromatic nitrogens is 2. The molecular formula is C21H25FN4O3. The number of carboxylic acid groups (broad SMARTS) is 1. The van der Waals surface area contributed by atoms with Gasteiger partial charge >= 0.3 is 5.97 Å². The molecule has 29 heavy (non-hydrogen) atoms. The molecule has 5 rings (SSSR count). The van der Waals surface area contributed by atoms with E-state index in [0.717, 1.165) is 38.5 Å². The number of fused-ring (bicyclic) bond motifs is 2. The summed E-state index contributed by atoms with van der Waals surface area (Å²) in [5.74, 6) is -0.873. The van der Waals surface area contributed by atoms with Gasteiger partial charge in [-0.25, -0.2) is 14.2 Å². The highest BCUT2D eigenvalue weighted by atomic mass is 19.1. The van der Waals surface area contributed by atoms with E-state index in [1.54, 1.807) is 4.57 Å². The van der Waals surface area contributed by atoms with Crippen LogP contribution in [0.5, 0.6) is 0 Å². The van der Waals surface area contributed by atoms with E-state index in [0.29, 0.717) is 30.6 Å². The SMILES string of the molecule is N[C@@H]1CCCC[C@H]2CN(c3nc4c(cc3F)c(=O)c(C(=O)O)cn4C3CC3)C[C@H]21. The first-order valence-electron chi connectivity index (χ1n) is 10.4. The predicted molar refractivity (Wildman–Crippen MR) is 107 cm³/mol. The summed E-state index contributed by atoms with van der Waals surface area (Å²) in [6.07, 6.45) is 7.55. The molecule has 154 valence electrons. The Morgan fingerprint density at radius 2 is 1.97 bits per heavy atom. The van der Waals surface area contributed by atoms with Crippen LogP contribution in [0.1, 0.15) is 54.9 Å². The minimum Gasteiger partial charge on any atom is -0.477 e. The molecule has 3 atom stereocenters. The molecule has 0 unspecified atom stereocenters. The number of carbonyl (C=O) groups is 1. The Kier molecular flexibility index (Phi) is 4.34. The number of anilines is 1. The molecule has 3 fully saturated rings. The number of carboxylic acids is 1. The molecule has 0 spiro atoms. The lowest BCUT2D eigenvalue weighted by Crippen LogP contribution is -2.34. The highest BCUT2D eigenvalue weighted by Gasteiger charge is 2.39. The largest absolute Gasteiger partial charge is 0.477 e. The lowest BCUT2D eigenvalue weighted by molar-refractivity contribution is 0.0695. The molecule has 3 N–H and O–H groups in total. The standard InChI is InChI=1S/C21H25FN4O3/c22-16-7-13-18(27)15(21(28)29)10-26(12-5-6-12)19(13)24-20(16)25-8-11-3-1-2-4-17(23)14(11)9-25/h7,10-12,14,17H,1-6,8-9,23H2,(H,28,29)/t11-,14+,17+/m0/s1. The van der Waals surface area contributed by atoms with E-state index >= 15 is 4.39 Å². The van der Waals surface area contributed by atoms with E-state index in [1.807, 2.05) is 4.90 Å². The van der Waals surface area contributed by atoms with Gasteiger partial charge in [-0.05, 0) is 43.6 Å². The zero-order valence-electron chi connectivity index (χ0n) is 16.2. The molecule has 2 saturated carbocycles. The minimum atomic E-state index is -1.30. The van der Waals surface area contributed by atoms with Crippen LogP contribution in [0.2, 0.25) is 0 Å². The molecule has 0 amide bonds. The second-order valence-corrected chi connectivity index (χ2v) is 8.76. The lowest BCUT2D eigenvalue weighted by Gasteiger charge is -2.22. The fraction of sp³-hybridized carbons (Fsp3) is 0.571. The summed E-state index contributed by atoms with van der Waals surface area (Å²) < 4.78 is 16.8. The number of nitrogens with zero attached hydrogens (tertiary/aromatic N) is 3. The molecule has 2 aromatic rings. The summed E-state index contributed by atoms with van der Waals surface area (Å²) in [5, 5.41) is 9.40. The van der Waals surface area contributed by atoms with Crippen molar-refractivity contribution in [1.29, 1.82) is 0 Å². The molecule has 1 aliphatic heterocycles. The zero-order chi connectivity index (χ0) is 20.3. The highest BCUT2D eigenvalue weighted by Crippen LogP contribution is 2.39. The van der Waals surface area contributed by atoms with Gasteiger partial charge in [0.05, 0.1) is 5.39 Å². The average Bonchev–Trinajstić information content (AvgIpc) is 3.46. The first kappa shape index (κ1) is 18.5. The minimum absolute atomic E-state index is 0.0307. The van der Waals surface area contributed by atoms with Crippen molar-refractivity contribution in [1.82, 2.24) is 9.55 Å². The van der Waals surface area contributed by atoms with Crippen molar-refractivity contribution >= 4 is 22.8 Å². The maximum atomic E-state index is 15.1. The van der Waals surface area contributed by atoms with Crippen molar-refractivity contribution in [3.05, 3.63) is 33.9 Å². The number of nitrogens with two attached hydrogens (primary N) is 1. The van der Waals surface area contributed by atoms with Gasteiger partial charge in [0, 0.05) is 31.4 Å². The van der Waals surface area contributed by atoms with Crippen LogP contribution in [-0.4, -0.2) is 39.8 Å². The van der Waals surface area contributed by atoms with Gasteiger partial charge in [-0.15, -0.1) is 0 Å². The molecule has 7 nitrogen and oxygen atoms in total. The van der Waals surface area contributed by atoms with Gasteiger partial charge in [0.1, 0.15) is 11.2 Å². The maximum absolute atomic E-state index is 15.1. The van der Waals surface area contributed by atoms with Crippen LogP contribution < -0.4 is 16.1 Å². The number of halogens is 1. The van der Waals surface area contributed by atoms with Crippen LogP contribution in [0.4, 0.5) is 10.2 Å². The molecule has 2 aliphatic carbocycles. The van der Waals surface area contributed by atoms with Crippen LogP contribution in [-0.2, 0) is 0 Å². The normalized spacial score (nSPS) is 27.1. The summed E-state index contributed by atoms with van der Waals surface area (Å²) in [4.78, 5) is 30.6. The fourth-order valence-electron chi connectivity index (χ4n) is 5.10. The molecule has 0 bridgehead atoms. The van der Waals surface area contributed by atoms with E-state index < -0.39 is 17.2 Å². The third kappa shape index (κ3) is 3.10. The number of hydrogen-bond donors (Lipinski definition) is 2. The molecule has 8 heteroatoms. The zero-order valence-corrected chi connectivity index (χ0v) is 16.2. The smallest absolute Gasteiger partial charge is 0.341 e. The number of hydrogen-bond acceptors (Lipinski definition) is 5. The van der Waals surface area contributed by atoms with Gasteiger partial charge in [-0.1, -0.05) is 12.8 Å². The van der Waals surface area contributed by atoms with Crippen LogP contribution in [0.25, 0.3) is 11.0 Å². The van der Waals surface area contributed by atoms with E-state index in [9.17, 15) is 14.7 Å². The highest BCUT2D eigenvalue weighted by molar-refractivity contribution is 5.92. The summed E-state index contributed by atoms with van der Waals surface area (Å²) in [5.41, 5.74) is 5.73. The first-order valence-corrected chi connectivity index (χ1v) is 10.4. The third-order valence-electron chi connectivity index (χ3n) is 6.81. The van der Waals surface area contributed by atoms with E-state index in [2.05, 4.69) is 4.98 Å². The summed E-state index contributed by atoms with van der Waals surface area (Å²) in [6.45, 7) is 1.39. The second-order valence-electron chi connectivity index (χ2n) is 8.76. The maximum Gasteiger partial charge on any atom is 0.341 e. The molecule has 1 saturated heterocycles. The van der Waals surface area contributed by atoms with Gasteiger partial charge in [0.2, 0.25) is 5.43 Å². The summed E-state index contributed by atoms with van der Waals surface area (Å²) >= 11 is 0. The van der Waals surface area contributed by atoms with Gasteiger partial charge in [0.15, 0.2) is 11.6 Å². The molecule has 3 aliphatic rings. The number of pyridine rings is 2. The Bertz CT molecular complexity index is 1050. The molecule has 3 heterocycles. The van der Waals surface area contributed by atoms with E-state index in [4.69, 9.17) is 5.73 Å². The Balaban J connectivity index is 1.60. The Hall–Kier alpha value is -2.48. The van der Waals surface area contributed by atoms with Crippen molar-refractivity contribution in [2.24, 2.45) is 17.6 Å². The van der Waals surface area contributed by atoms with Crippen molar-refractivity contribution in [3.63, 3.8) is 0 Å². The predicted octanol–water partition coefficient (Wildman–Crippen LogP) is 2.52.